The van der Waals surface area contributed by atoms with E-state index in [2.05, 4.69) is 52.5 Å². The molecule has 2 rings (SSSR count). The van der Waals surface area contributed by atoms with Crippen LogP contribution in [0.15, 0.2) is 48.5 Å². The molecule has 1 unspecified atom stereocenters. The van der Waals surface area contributed by atoms with Gasteiger partial charge in [0.25, 0.3) is 0 Å². The predicted octanol–water partition coefficient (Wildman–Crippen LogP) is 2.86. The van der Waals surface area contributed by atoms with E-state index in [1.807, 2.05) is 18.2 Å². The third kappa shape index (κ3) is 9.45. The van der Waals surface area contributed by atoms with Crippen LogP contribution in [-0.4, -0.2) is 35.5 Å². The predicted molar refractivity (Wildman–Crippen MR) is 112 cm³/mol. The third-order valence-electron chi connectivity index (χ3n) is 3.90. The molecule has 0 aromatic heterocycles. The SMILES string of the molecule is CC[NH2+]CC.O=C(O)c1cc(NCC(Br)CCc2ccccc2)ccc1[O-]. The van der Waals surface area contributed by atoms with Crippen LogP contribution in [0.2, 0.25) is 0 Å². The molecular formula is C21H29BrN2O3. The second-order valence-corrected chi connectivity index (χ2v) is 7.42. The molecule has 5 nitrogen and oxygen atoms in total. The standard InChI is InChI=1S/C17H18BrNO3.C4H11N/c18-13(7-6-12-4-2-1-3-5-12)11-19-14-8-9-16(20)15(10-14)17(21)22;1-3-5-4-2/h1-5,8-10,13,19-20H,6-7,11H2,(H,21,22);5H,3-4H2,1-2H3. The van der Waals surface area contributed by atoms with Gasteiger partial charge in [0.2, 0.25) is 0 Å². The number of carbonyl (C=O) groups is 1. The van der Waals surface area contributed by atoms with Crippen LogP contribution < -0.4 is 15.7 Å². The molecule has 2 aromatic rings. The van der Waals surface area contributed by atoms with E-state index in [9.17, 15) is 9.90 Å². The summed E-state index contributed by atoms with van der Waals surface area (Å²) in [6, 6.07) is 14.5. The van der Waals surface area contributed by atoms with E-state index in [1.165, 1.54) is 30.8 Å². The van der Waals surface area contributed by atoms with E-state index in [1.54, 1.807) is 6.07 Å². The van der Waals surface area contributed by atoms with Gasteiger partial charge in [0.05, 0.1) is 18.7 Å². The zero-order chi connectivity index (χ0) is 20.1. The average Bonchev–Trinajstić information content (AvgIpc) is 2.67. The lowest BCUT2D eigenvalue weighted by Crippen LogP contribution is -2.82. The van der Waals surface area contributed by atoms with Gasteiger partial charge in [0, 0.05) is 17.1 Å². The number of hydrogen-bond acceptors (Lipinski definition) is 3. The number of anilines is 1. The number of quaternary nitrogens is 1. The molecule has 0 aliphatic carbocycles. The largest absolute Gasteiger partial charge is 0.872 e. The number of carboxylic acid groups (broad SMARTS) is 1. The first-order valence-corrected chi connectivity index (χ1v) is 10.2. The van der Waals surface area contributed by atoms with Crippen molar-refractivity contribution in [1.29, 1.82) is 0 Å². The molecule has 27 heavy (non-hydrogen) atoms. The van der Waals surface area contributed by atoms with Gasteiger partial charge in [0.15, 0.2) is 0 Å². The summed E-state index contributed by atoms with van der Waals surface area (Å²) < 4.78 is 0. The maximum absolute atomic E-state index is 11.4. The summed E-state index contributed by atoms with van der Waals surface area (Å²) in [5, 5.41) is 25.7. The first kappa shape index (κ1) is 23.0. The highest BCUT2D eigenvalue weighted by Gasteiger charge is 2.07. The Morgan fingerprint density at radius 1 is 1.19 bits per heavy atom. The highest BCUT2D eigenvalue weighted by atomic mass is 79.9. The van der Waals surface area contributed by atoms with Crippen LogP contribution in [0.5, 0.6) is 5.75 Å². The van der Waals surface area contributed by atoms with Crippen molar-refractivity contribution >= 4 is 27.6 Å². The number of aromatic carboxylic acids is 1. The van der Waals surface area contributed by atoms with Crippen molar-refractivity contribution < 1.29 is 20.3 Å². The second kappa shape index (κ2) is 13.2. The molecule has 2 aromatic carbocycles. The Labute approximate surface area is 169 Å². The number of benzene rings is 2. The molecule has 0 radical (unpaired) electrons. The van der Waals surface area contributed by atoms with Gasteiger partial charge in [-0.25, -0.2) is 4.79 Å². The fourth-order valence-electron chi connectivity index (χ4n) is 2.39. The fourth-order valence-corrected chi connectivity index (χ4v) is 2.79. The normalized spacial score (nSPS) is 11.2. The molecule has 0 saturated carbocycles. The number of nitrogens with two attached hydrogens (primary N) is 1. The Bertz CT molecular complexity index is 678. The Hall–Kier alpha value is -2.05. The molecule has 0 aliphatic rings. The van der Waals surface area contributed by atoms with Crippen molar-refractivity contribution in [2.75, 3.05) is 25.0 Å². The van der Waals surface area contributed by atoms with E-state index >= 15 is 0 Å². The van der Waals surface area contributed by atoms with E-state index < -0.39 is 11.7 Å². The van der Waals surface area contributed by atoms with E-state index in [0.717, 1.165) is 12.8 Å². The summed E-state index contributed by atoms with van der Waals surface area (Å²) in [6.45, 7) is 7.41. The Morgan fingerprint density at radius 2 is 1.85 bits per heavy atom. The van der Waals surface area contributed by atoms with Gasteiger partial charge in [-0.15, -0.1) is 0 Å². The maximum Gasteiger partial charge on any atom is 0.335 e. The molecule has 4 N–H and O–H groups in total. The van der Waals surface area contributed by atoms with Crippen LogP contribution in [-0.2, 0) is 6.42 Å². The quantitative estimate of drug-likeness (QED) is 0.527. The number of aryl methyl sites for hydroxylation is 1. The molecule has 0 spiro atoms. The van der Waals surface area contributed by atoms with Crippen molar-refractivity contribution in [3.05, 3.63) is 59.7 Å². The van der Waals surface area contributed by atoms with Gasteiger partial charge < -0.3 is 20.8 Å². The number of nitrogens with one attached hydrogen (secondary N) is 1. The molecule has 1 atom stereocenters. The molecule has 0 fully saturated rings. The van der Waals surface area contributed by atoms with Crippen molar-refractivity contribution in [3.8, 4) is 5.75 Å². The average molecular weight is 437 g/mol. The lowest BCUT2D eigenvalue weighted by molar-refractivity contribution is -0.648. The Morgan fingerprint density at radius 3 is 2.41 bits per heavy atom. The minimum Gasteiger partial charge on any atom is -0.872 e. The molecule has 6 heteroatoms. The summed E-state index contributed by atoms with van der Waals surface area (Å²) in [5.74, 6) is -1.68. The summed E-state index contributed by atoms with van der Waals surface area (Å²) in [5.41, 5.74) is 1.72. The minimum atomic E-state index is -1.20. The summed E-state index contributed by atoms with van der Waals surface area (Å²) in [4.78, 5) is 11.2. The lowest BCUT2D eigenvalue weighted by Gasteiger charge is -2.15. The highest BCUT2D eigenvalue weighted by molar-refractivity contribution is 9.09. The van der Waals surface area contributed by atoms with Crippen molar-refractivity contribution in [2.45, 2.75) is 31.5 Å². The van der Waals surface area contributed by atoms with Gasteiger partial charge in [-0.3, -0.25) is 0 Å². The van der Waals surface area contributed by atoms with Crippen LogP contribution in [0.4, 0.5) is 5.69 Å². The zero-order valence-corrected chi connectivity index (χ0v) is 17.5. The Kier molecular flexibility index (Phi) is 11.2. The van der Waals surface area contributed by atoms with Gasteiger partial charge in [0.1, 0.15) is 0 Å². The van der Waals surface area contributed by atoms with Crippen LogP contribution in [0.3, 0.4) is 0 Å². The Balaban J connectivity index is 0.000000646. The smallest absolute Gasteiger partial charge is 0.335 e. The number of hydrogen-bond donors (Lipinski definition) is 3. The monoisotopic (exact) mass is 436 g/mol. The second-order valence-electron chi connectivity index (χ2n) is 6.12. The third-order valence-corrected chi connectivity index (χ3v) is 4.69. The van der Waals surface area contributed by atoms with Crippen molar-refractivity contribution in [1.82, 2.24) is 0 Å². The van der Waals surface area contributed by atoms with Crippen LogP contribution in [0.1, 0.15) is 36.2 Å². The first-order chi connectivity index (χ1) is 13.0. The minimum absolute atomic E-state index is 0.208. The van der Waals surface area contributed by atoms with Crippen molar-refractivity contribution in [3.63, 3.8) is 0 Å². The number of rotatable bonds is 9. The molecule has 0 bridgehead atoms. The van der Waals surface area contributed by atoms with E-state index in [0.29, 0.717) is 12.2 Å². The molecule has 0 saturated heterocycles. The summed E-state index contributed by atoms with van der Waals surface area (Å²) >= 11 is 3.61. The van der Waals surface area contributed by atoms with Gasteiger partial charge in [-0.2, -0.15) is 0 Å². The molecule has 0 amide bonds. The van der Waals surface area contributed by atoms with Crippen LogP contribution in [0.25, 0.3) is 0 Å². The van der Waals surface area contributed by atoms with E-state index in [4.69, 9.17) is 5.11 Å². The van der Waals surface area contributed by atoms with Gasteiger partial charge in [-0.05, 0) is 44.4 Å². The van der Waals surface area contributed by atoms with Gasteiger partial charge >= 0.3 is 5.97 Å². The summed E-state index contributed by atoms with van der Waals surface area (Å²) in [7, 11) is 0. The zero-order valence-electron chi connectivity index (χ0n) is 16.0. The van der Waals surface area contributed by atoms with Gasteiger partial charge in [-0.1, -0.05) is 58.1 Å². The van der Waals surface area contributed by atoms with Crippen LogP contribution >= 0.6 is 15.9 Å². The number of halogens is 1. The maximum atomic E-state index is 11.4. The number of carboxylic acids is 1. The highest BCUT2D eigenvalue weighted by Crippen LogP contribution is 2.20. The molecule has 148 valence electrons. The van der Waals surface area contributed by atoms with Crippen molar-refractivity contribution in [2.24, 2.45) is 0 Å². The molecule has 0 aliphatic heterocycles. The molecule has 0 heterocycles. The fraction of sp³-hybridized carbons (Fsp3) is 0.381. The topological polar surface area (TPSA) is 89.0 Å². The lowest BCUT2D eigenvalue weighted by atomic mass is 10.1. The van der Waals surface area contributed by atoms with Crippen LogP contribution in [0, 0.1) is 0 Å². The first-order valence-electron chi connectivity index (χ1n) is 9.25. The van der Waals surface area contributed by atoms with E-state index in [-0.39, 0.29) is 10.4 Å². The summed E-state index contributed by atoms with van der Waals surface area (Å²) in [6.07, 6.45) is 1.93. The molecular weight excluding hydrogens is 408 g/mol. The number of alkyl halides is 1.